The van der Waals surface area contributed by atoms with Crippen LogP contribution in [0.3, 0.4) is 0 Å². The minimum absolute atomic E-state index is 0.0379. The maximum Gasteiger partial charge on any atom is 0.242 e. The number of carbonyl (C=O) groups excluding carboxylic acids is 1. The number of rotatable bonds is 5. The molecule has 1 saturated carbocycles. The van der Waals surface area contributed by atoms with Crippen LogP contribution in [-0.4, -0.2) is 56.4 Å². The van der Waals surface area contributed by atoms with Gasteiger partial charge in [-0.3, -0.25) is 4.79 Å². The Balaban J connectivity index is 1.69. The highest BCUT2D eigenvalue weighted by Gasteiger charge is 2.42. The van der Waals surface area contributed by atoms with Crippen molar-refractivity contribution in [2.75, 3.05) is 30.0 Å². The number of hydrogen-bond donors (Lipinski definition) is 0. The molecule has 0 aromatic heterocycles. The van der Waals surface area contributed by atoms with E-state index in [0.717, 1.165) is 18.5 Å². The molecule has 0 N–H and O–H groups in total. The fourth-order valence-corrected chi connectivity index (χ4v) is 4.82. The van der Waals surface area contributed by atoms with Gasteiger partial charge in [0.05, 0.1) is 18.1 Å². The number of benzene rings is 1. The third-order valence-electron chi connectivity index (χ3n) is 4.40. The lowest BCUT2D eigenvalue weighted by Gasteiger charge is -2.30. The first-order valence-corrected chi connectivity index (χ1v) is 9.56. The van der Waals surface area contributed by atoms with E-state index in [9.17, 15) is 13.2 Å². The van der Waals surface area contributed by atoms with E-state index in [2.05, 4.69) is 0 Å². The van der Waals surface area contributed by atoms with E-state index in [1.54, 1.807) is 0 Å². The Morgan fingerprint density at radius 3 is 2.36 bits per heavy atom. The molecule has 2 fully saturated rings. The number of carbonyl (C=O) groups is 1. The smallest absolute Gasteiger partial charge is 0.242 e. The van der Waals surface area contributed by atoms with Gasteiger partial charge in [-0.05, 0) is 31.4 Å². The van der Waals surface area contributed by atoms with Crippen molar-refractivity contribution < 1.29 is 13.2 Å². The summed E-state index contributed by atoms with van der Waals surface area (Å²) in [5, 5.41) is 0. The first-order valence-electron chi connectivity index (χ1n) is 7.74. The van der Waals surface area contributed by atoms with Gasteiger partial charge in [0.1, 0.15) is 0 Å². The Labute approximate surface area is 131 Å². The molecule has 120 valence electrons. The zero-order chi connectivity index (χ0) is 15.7. The zero-order valence-corrected chi connectivity index (χ0v) is 13.6. The summed E-state index contributed by atoms with van der Waals surface area (Å²) in [5.74, 6) is 0.378. The second-order valence-corrected chi connectivity index (χ2v) is 8.51. The SMILES string of the molecule is CN(CC(=O)N(C1CC1)[C@H]1CCS(=O)(=O)C1)c1ccccc1. The Bertz CT molecular complexity index is 641. The molecular weight excluding hydrogens is 300 g/mol. The predicted octanol–water partition coefficient (Wildman–Crippen LogP) is 1.30. The van der Waals surface area contributed by atoms with E-state index < -0.39 is 9.84 Å². The quantitative estimate of drug-likeness (QED) is 0.820. The molecule has 22 heavy (non-hydrogen) atoms. The van der Waals surface area contributed by atoms with Crippen LogP contribution in [0.15, 0.2) is 30.3 Å². The number of likely N-dealkylation sites (N-methyl/N-ethyl adjacent to an activating group) is 1. The van der Waals surface area contributed by atoms with E-state index in [0.29, 0.717) is 6.42 Å². The number of para-hydroxylation sites is 1. The molecule has 1 heterocycles. The molecule has 3 rings (SSSR count). The number of amides is 1. The van der Waals surface area contributed by atoms with Crippen molar-refractivity contribution in [2.45, 2.75) is 31.3 Å². The fraction of sp³-hybridized carbons (Fsp3) is 0.562. The molecule has 1 atom stereocenters. The normalized spacial score (nSPS) is 23.2. The minimum Gasteiger partial charge on any atom is -0.365 e. The molecular formula is C16H22N2O3S. The van der Waals surface area contributed by atoms with Crippen molar-refractivity contribution in [3.05, 3.63) is 30.3 Å². The van der Waals surface area contributed by atoms with Crippen LogP contribution in [0.25, 0.3) is 0 Å². The van der Waals surface area contributed by atoms with E-state index in [4.69, 9.17) is 0 Å². The highest BCUT2D eigenvalue weighted by molar-refractivity contribution is 7.91. The lowest BCUT2D eigenvalue weighted by molar-refractivity contribution is -0.132. The number of nitrogens with zero attached hydrogens (tertiary/aromatic N) is 2. The number of anilines is 1. The number of hydrogen-bond acceptors (Lipinski definition) is 4. The first-order chi connectivity index (χ1) is 10.5. The largest absolute Gasteiger partial charge is 0.365 e. The van der Waals surface area contributed by atoms with Gasteiger partial charge >= 0.3 is 0 Å². The van der Waals surface area contributed by atoms with Crippen LogP contribution in [0.2, 0.25) is 0 Å². The maximum absolute atomic E-state index is 12.7. The summed E-state index contributed by atoms with van der Waals surface area (Å²) in [7, 11) is -1.08. The van der Waals surface area contributed by atoms with Crippen molar-refractivity contribution >= 4 is 21.4 Å². The highest BCUT2D eigenvalue weighted by atomic mass is 32.2. The van der Waals surface area contributed by atoms with Gasteiger partial charge in [0, 0.05) is 24.8 Å². The molecule has 0 bridgehead atoms. The summed E-state index contributed by atoms with van der Waals surface area (Å²) in [6.45, 7) is 0.289. The molecule has 1 aromatic carbocycles. The van der Waals surface area contributed by atoms with E-state index in [1.165, 1.54) is 0 Å². The van der Waals surface area contributed by atoms with Crippen molar-refractivity contribution in [1.29, 1.82) is 0 Å². The van der Waals surface area contributed by atoms with E-state index in [-0.39, 0.29) is 36.0 Å². The first kappa shape index (κ1) is 15.3. The van der Waals surface area contributed by atoms with Crippen molar-refractivity contribution in [3.63, 3.8) is 0 Å². The summed E-state index contributed by atoms with van der Waals surface area (Å²) < 4.78 is 23.4. The summed E-state index contributed by atoms with van der Waals surface area (Å²) in [4.78, 5) is 16.5. The summed E-state index contributed by atoms with van der Waals surface area (Å²) in [5.41, 5.74) is 0.991. The molecule has 1 amide bonds. The zero-order valence-electron chi connectivity index (χ0n) is 12.8. The lowest BCUT2D eigenvalue weighted by atomic mass is 10.2. The molecule has 1 aliphatic heterocycles. The molecule has 1 aliphatic carbocycles. The second kappa shape index (κ2) is 5.91. The van der Waals surface area contributed by atoms with Gasteiger partial charge < -0.3 is 9.80 Å². The van der Waals surface area contributed by atoms with Gasteiger partial charge in [-0.1, -0.05) is 18.2 Å². The lowest BCUT2D eigenvalue weighted by Crippen LogP contribution is -2.47. The molecule has 1 aromatic rings. The van der Waals surface area contributed by atoms with Crippen molar-refractivity contribution in [1.82, 2.24) is 4.90 Å². The fourth-order valence-electron chi connectivity index (χ4n) is 3.11. The summed E-state index contributed by atoms with van der Waals surface area (Å²) in [6.07, 6.45) is 2.58. The predicted molar refractivity (Wildman–Crippen MR) is 86.6 cm³/mol. The van der Waals surface area contributed by atoms with E-state index in [1.807, 2.05) is 47.2 Å². The third kappa shape index (κ3) is 3.43. The van der Waals surface area contributed by atoms with Crippen LogP contribution < -0.4 is 4.90 Å². The molecule has 0 radical (unpaired) electrons. The highest BCUT2D eigenvalue weighted by Crippen LogP contribution is 2.32. The van der Waals surface area contributed by atoms with Crippen LogP contribution in [0.1, 0.15) is 19.3 Å². The Morgan fingerprint density at radius 1 is 1.14 bits per heavy atom. The standard InChI is InChI=1S/C16H22N2O3S/c1-17(13-5-3-2-4-6-13)11-16(19)18(14-7-8-14)15-9-10-22(20,21)12-15/h2-6,14-15H,7-12H2,1H3/t15-/m0/s1. The van der Waals surface area contributed by atoms with Crippen LogP contribution in [0.4, 0.5) is 5.69 Å². The van der Waals surface area contributed by atoms with Gasteiger partial charge in [-0.15, -0.1) is 0 Å². The second-order valence-electron chi connectivity index (χ2n) is 6.28. The number of sulfone groups is 1. The molecule has 0 unspecified atom stereocenters. The Hall–Kier alpha value is -1.56. The summed E-state index contributed by atoms with van der Waals surface area (Å²) >= 11 is 0. The van der Waals surface area contributed by atoms with Gasteiger partial charge in [-0.2, -0.15) is 0 Å². The molecule has 1 saturated heterocycles. The van der Waals surface area contributed by atoms with Gasteiger partial charge in [0.15, 0.2) is 9.84 Å². The minimum atomic E-state index is -2.97. The van der Waals surface area contributed by atoms with Crippen molar-refractivity contribution in [2.24, 2.45) is 0 Å². The average molecular weight is 322 g/mol. The van der Waals surface area contributed by atoms with Crippen molar-refractivity contribution in [3.8, 4) is 0 Å². The molecule has 5 nitrogen and oxygen atoms in total. The molecule has 2 aliphatic rings. The van der Waals surface area contributed by atoms with Crippen LogP contribution in [0.5, 0.6) is 0 Å². The molecule has 6 heteroatoms. The van der Waals surface area contributed by atoms with Crippen LogP contribution in [-0.2, 0) is 14.6 Å². The maximum atomic E-state index is 12.7. The van der Waals surface area contributed by atoms with Gasteiger partial charge in [0.25, 0.3) is 0 Å². The van der Waals surface area contributed by atoms with E-state index >= 15 is 0 Å². The van der Waals surface area contributed by atoms with Gasteiger partial charge in [0.2, 0.25) is 5.91 Å². The summed E-state index contributed by atoms with van der Waals surface area (Å²) in [6, 6.07) is 9.88. The topological polar surface area (TPSA) is 57.7 Å². The Kier molecular flexibility index (Phi) is 4.12. The third-order valence-corrected chi connectivity index (χ3v) is 6.15. The molecule has 0 spiro atoms. The van der Waals surface area contributed by atoms with Crippen LogP contribution in [0, 0.1) is 0 Å². The van der Waals surface area contributed by atoms with Gasteiger partial charge in [-0.25, -0.2) is 8.42 Å². The monoisotopic (exact) mass is 322 g/mol. The van der Waals surface area contributed by atoms with Crippen LogP contribution >= 0.6 is 0 Å². The Morgan fingerprint density at radius 2 is 1.82 bits per heavy atom. The average Bonchev–Trinajstić information content (AvgIpc) is 3.24.